The van der Waals surface area contributed by atoms with Gasteiger partial charge in [-0.2, -0.15) is 0 Å². The maximum atomic E-state index is 11.8. The Hall–Kier alpha value is -0.710. The van der Waals surface area contributed by atoms with Gasteiger partial charge in [0.15, 0.2) is 5.78 Å². The van der Waals surface area contributed by atoms with Crippen molar-refractivity contribution in [3.05, 3.63) is 21.9 Å². The van der Waals surface area contributed by atoms with Crippen molar-refractivity contribution in [2.24, 2.45) is 5.73 Å². The van der Waals surface area contributed by atoms with Crippen LogP contribution in [0.3, 0.4) is 0 Å². The summed E-state index contributed by atoms with van der Waals surface area (Å²) in [5.74, 6) is 0.224. The largest absolute Gasteiger partial charge is 0.326 e. The average molecular weight is 224 g/mol. The second-order valence-corrected chi connectivity index (χ2v) is 5.41. The summed E-state index contributed by atoms with van der Waals surface area (Å²) in [7, 11) is 0. The van der Waals surface area contributed by atoms with E-state index in [9.17, 15) is 4.79 Å². The van der Waals surface area contributed by atoms with Gasteiger partial charge in [-0.3, -0.25) is 9.69 Å². The second kappa shape index (κ2) is 4.43. The van der Waals surface area contributed by atoms with Gasteiger partial charge < -0.3 is 5.73 Å². The van der Waals surface area contributed by atoms with Crippen molar-refractivity contribution in [2.75, 3.05) is 19.6 Å². The quantitative estimate of drug-likeness (QED) is 0.787. The van der Waals surface area contributed by atoms with Crippen LogP contribution in [-0.4, -0.2) is 36.4 Å². The number of aryl methyl sites for hydroxylation is 1. The fourth-order valence-corrected chi connectivity index (χ4v) is 2.67. The molecule has 0 amide bonds. The summed E-state index contributed by atoms with van der Waals surface area (Å²) in [6, 6.07) is 4.16. The highest BCUT2D eigenvalue weighted by Crippen LogP contribution is 2.17. The molecule has 0 saturated carbocycles. The number of nitrogens with zero attached hydrogens (tertiary/aromatic N) is 1. The van der Waals surface area contributed by atoms with Gasteiger partial charge in [0.2, 0.25) is 0 Å². The first-order valence-electron chi connectivity index (χ1n) is 5.23. The molecule has 2 rings (SSSR count). The molecule has 0 aromatic carbocycles. The summed E-state index contributed by atoms with van der Waals surface area (Å²) in [5, 5.41) is 0. The SMILES string of the molecule is Cc1ccc(C(=O)CN2CCC(N)C2)s1. The number of nitrogens with two attached hydrogens (primary N) is 1. The van der Waals surface area contributed by atoms with Crippen molar-refractivity contribution in [2.45, 2.75) is 19.4 Å². The van der Waals surface area contributed by atoms with Crippen LogP contribution in [0.25, 0.3) is 0 Å². The van der Waals surface area contributed by atoms with Gasteiger partial charge in [-0.25, -0.2) is 0 Å². The van der Waals surface area contributed by atoms with Crippen LogP contribution < -0.4 is 5.73 Å². The van der Waals surface area contributed by atoms with E-state index < -0.39 is 0 Å². The Morgan fingerprint density at radius 3 is 3.00 bits per heavy atom. The summed E-state index contributed by atoms with van der Waals surface area (Å²) in [5.41, 5.74) is 5.79. The van der Waals surface area contributed by atoms with Crippen molar-refractivity contribution in [3.63, 3.8) is 0 Å². The molecule has 1 aliphatic rings. The lowest BCUT2D eigenvalue weighted by Gasteiger charge is -2.12. The number of carbonyl (C=O) groups excluding carboxylic acids is 1. The number of likely N-dealkylation sites (tertiary alicyclic amines) is 1. The van der Waals surface area contributed by atoms with Gasteiger partial charge in [0.05, 0.1) is 11.4 Å². The van der Waals surface area contributed by atoms with Gasteiger partial charge in [-0.05, 0) is 25.5 Å². The van der Waals surface area contributed by atoms with Crippen molar-refractivity contribution in [1.82, 2.24) is 4.90 Å². The molecule has 1 aromatic rings. The molecule has 15 heavy (non-hydrogen) atoms. The van der Waals surface area contributed by atoms with Crippen molar-refractivity contribution >= 4 is 17.1 Å². The molecule has 0 aliphatic carbocycles. The molecule has 2 heterocycles. The van der Waals surface area contributed by atoms with Gasteiger partial charge in [0, 0.05) is 24.0 Å². The fourth-order valence-electron chi connectivity index (χ4n) is 1.87. The topological polar surface area (TPSA) is 46.3 Å². The molecule has 0 bridgehead atoms. The summed E-state index contributed by atoms with van der Waals surface area (Å²) in [6.45, 7) is 4.36. The van der Waals surface area contributed by atoms with Crippen LogP contribution in [-0.2, 0) is 0 Å². The van der Waals surface area contributed by atoms with Crippen LogP contribution in [0, 0.1) is 6.92 Å². The highest BCUT2D eigenvalue weighted by Gasteiger charge is 2.21. The highest BCUT2D eigenvalue weighted by atomic mass is 32.1. The molecule has 1 aliphatic heterocycles. The van der Waals surface area contributed by atoms with Crippen LogP contribution in [0.1, 0.15) is 21.0 Å². The summed E-state index contributed by atoms with van der Waals surface area (Å²) >= 11 is 1.57. The smallest absolute Gasteiger partial charge is 0.186 e. The van der Waals surface area contributed by atoms with Crippen molar-refractivity contribution in [3.8, 4) is 0 Å². The molecule has 3 nitrogen and oxygen atoms in total. The van der Waals surface area contributed by atoms with Crippen LogP contribution in [0.5, 0.6) is 0 Å². The third kappa shape index (κ3) is 2.65. The zero-order chi connectivity index (χ0) is 10.8. The molecule has 2 N–H and O–H groups in total. The molecule has 1 unspecified atom stereocenters. The van der Waals surface area contributed by atoms with E-state index >= 15 is 0 Å². The molecule has 0 radical (unpaired) electrons. The van der Waals surface area contributed by atoms with Crippen LogP contribution >= 0.6 is 11.3 Å². The van der Waals surface area contributed by atoms with Gasteiger partial charge >= 0.3 is 0 Å². The number of ketones is 1. The highest BCUT2D eigenvalue weighted by molar-refractivity contribution is 7.14. The van der Waals surface area contributed by atoms with Gasteiger partial charge in [0.25, 0.3) is 0 Å². The van der Waals surface area contributed by atoms with Gasteiger partial charge in [0.1, 0.15) is 0 Å². The van der Waals surface area contributed by atoms with Crippen LogP contribution in [0.2, 0.25) is 0 Å². The first kappa shape index (κ1) is 10.8. The third-order valence-electron chi connectivity index (χ3n) is 2.69. The Labute approximate surface area is 93.9 Å². The molecule has 1 saturated heterocycles. The lowest BCUT2D eigenvalue weighted by molar-refractivity contribution is 0.0949. The maximum Gasteiger partial charge on any atom is 0.186 e. The van der Waals surface area contributed by atoms with E-state index in [1.807, 2.05) is 19.1 Å². The summed E-state index contributed by atoms with van der Waals surface area (Å²) < 4.78 is 0. The molecule has 1 atom stereocenters. The average Bonchev–Trinajstić information content (AvgIpc) is 2.75. The first-order chi connectivity index (χ1) is 7.15. The van der Waals surface area contributed by atoms with E-state index in [4.69, 9.17) is 5.73 Å². The Bertz CT molecular complexity index is 361. The minimum Gasteiger partial charge on any atom is -0.326 e. The fraction of sp³-hybridized carbons (Fsp3) is 0.545. The molecule has 1 aromatic heterocycles. The normalized spacial score (nSPS) is 22.1. The monoisotopic (exact) mass is 224 g/mol. The van der Waals surface area contributed by atoms with Crippen LogP contribution in [0.15, 0.2) is 12.1 Å². The summed E-state index contributed by atoms with van der Waals surface area (Å²) in [4.78, 5) is 16.0. The van der Waals surface area contributed by atoms with Gasteiger partial charge in [-0.1, -0.05) is 0 Å². The number of hydrogen-bond acceptors (Lipinski definition) is 4. The Morgan fingerprint density at radius 1 is 1.67 bits per heavy atom. The predicted molar refractivity (Wildman–Crippen MR) is 62.4 cm³/mol. The van der Waals surface area contributed by atoms with E-state index in [0.29, 0.717) is 6.54 Å². The molecule has 1 fully saturated rings. The summed E-state index contributed by atoms with van der Waals surface area (Å²) in [6.07, 6.45) is 1.01. The molecule has 4 heteroatoms. The molecule has 0 spiro atoms. The minimum atomic E-state index is 0.224. The number of carbonyl (C=O) groups is 1. The Kier molecular flexibility index (Phi) is 3.19. The zero-order valence-electron chi connectivity index (χ0n) is 8.90. The van der Waals surface area contributed by atoms with Crippen molar-refractivity contribution in [1.29, 1.82) is 0 Å². The number of thiophene rings is 1. The van der Waals surface area contributed by atoms with Crippen molar-refractivity contribution < 1.29 is 4.79 Å². The minimum absolute atomic E-state index is 0.224. The van der Waals surface area contributed by atoms with E-state index in [1.54, 1.807) is 11.3 Å². The Balaban J connectivity index is 1.92. The van der Waals surface area contributed by atoms with Crippen LogP contribution in [0.4, 0.5) is 0 Å². The third-order valence-corrected chi connectivity index (χ3v) is 3.73. The lowest BCUT2D eigenvalue weighted by atomic mass is 10.3. The standard InChI is InChI=1S/C11H16N2OS/c1-8-2-3-11(15-8)10(14)7-13-5-4-9(12)6-13/h2-3,9H,4-7,12H2,1H3. The lowest BCUT2D eigenvalue weighted by Crippen LogP contribution is -2.30. The van der Waals surface area contributed by atoms with E-state index in [0.717, 1.165) is 24.4 Å². The molecule has 82 valence electrons. The van der Waals surface area contributed by atoms with E-state index in [2.05, 4.69) is 4.90 Å². The zero-order valence-corrected chi connectivity index (χ0v) is 9.72. The van der Waals surface area contributed by atoms with E-state index in [1.165, 1.54) is 4.88 Å². The predicted octanol–water partition coefficient (Wildman–Crippen LogP) is 1.27. The number of rotatable bonds is 3. The van der Waals surface area contributed by atoms with E-state index in [-0.39, 0.29) is 11.8 Å². The molecular weight excluding hydrogens is 208 g/mol. The maximum absolute atomic E-state index is 11.8. The van der Waals surface area contributed by atoms with Gasteiger partial charge in [-0.15, -0.1) is 11.3 Å². The first-order valence-corrected chi connectivity index (χ1v) is 6.04. The second-order valence-electron chi connectivity index (χ2n) is 4.12. The number of Topliss-reactive ketones (excluding diaryl/α,β-unsaturated/α-hetero) is 1. The molecular formula is C11H16N2OS. The Morgan fingerprint density at radius 2 is 2.47 bits per heavy atom. The number of hydrogen-bond donors (Lipinski definition) is 1.